The van der Waals surface area contributed by atoms with E-state index in [-0.39, 0.29) is 23.5 Å². The Morgan fingerprint density at radius 3 is 2.42 bits per heavy atom. The molecule has 1 N–H and O–H groups in total. The quantitative estimate of drug-likeness (QED) is 0.857. The van der Waals surface area contributed by atoms with Crippen molar-refractivity contribution < 1.29 is 13.6 Å². The van der Waals surface area contributed by atoms with Crippen molar-refractivity contribution in [2.24, 2.45) is 5.92 Å². The van der Waals surface area contributed by atoms with Crippen molar-refractivity contribution in [3.8, 4) is 0 Å². The van der Waals surface area contributed by atoms with E-state index in [0.717, 1.165) is 31.5 Å². The highest BCUT2D eigenvalue weighted by Crippen LogP contribution is 2.20. The zero-order chi connectivity index (χ0) is 18.4. The Hall–Kier alpha value is -2.27. The van der Waals surface area contributed by atoms with Crippen molar-refractivity contribution in [3.05, 3.63) is 71.3 Å². The highest BCUT2D eigenvalue weighted by Gasteiger charge is 2.25. The van der Waals surface area contributed by atoms with Crippen LogP contribution >= 0.6 is 0 Å². The monoisotopic (exact) mass is 358 g/mol. The summed E-state index contributed by atoms with van der Waals surface area (Å²) in [5.74, 6) is -0.328. The van der Waals surface area contributed by atoms with Gasteiger partial charge in [-0.1, -0.05) is 30.3 Å². The number of carbonyl (C=O) groups excluding carboxylic acids is 1. The molecule has 3 nitrogen and oxygen atoms in total. The highest BCUT2D eigenvalue weighted by atomic mass is 19.1. The number of likely N-dealkylation sites (tertiary alicyclic amines) is 1. The van der Waals surface area contributed by atoms with Crippen LogP contribution in [0.3, 0.4) is 0 Å². The maximum atomic E-state index is 13.7. The van der Waals surface area contributed by atoms with Gasteiger partial charge in [0.15, 0.2) is 0 Å². The molecular weight excluding hydrogens is 334 g/mol. The number of hydrogen-bond donors (Lipinski definition) is 1. The summed E-state index contributed by atoms with van der Waals surface area (Å²) in [4.78, 5) is 14.5. The Bertz CT molecular complexity index is 725. The van der Waals surface area contributed by atoms with Crippen molar-refractivity contribution in [3.63, 3.8) is 0 Å². The predicted octanol–water partition coefficient (Wildman–Crippen LogP) is 3.54. The first-order valence-corrected chi connectivity index (χ1v) is 9.10. The first-order chi connectivity index (χ1) is 12.6. The molecule has 5 heteroatoms. The minimum absolute atomic E-state index is 0.0140. The van der Waals surface area contributed by atoms with Crippen LogP contribution in [0, 0.1) is 17.6 Å². The maximum absolute atomic E-state index is 13.7. The van der Waals surface area contributed by atoms with Crippen molar-refractivity contribution in [1.29, 1.82) is 0 Å². The number of nitrogens with zero attached hydrogens (tertiary/aromatic N) is 1. The average molecular weight is 358 g/mol. The molecule has 0 atom stereocenters. The summed E-state index contributed by atoms with van der Waals surface area (Å²) in [6.07, 6.45) is 2.27. The number of carbonyl (C=O) groups is 1. The Morgan fingerprint density at radius 2 is 1.73 bits per heavy atom. The van der Waals surface area contributed by atoms with Crippen molar-refractivity contribution in [2.75, 3.05) is 19.6 Å². The van der Waals surface area contributed by atoms with Gasteiger partial charge in [0.1, 0.15) is 11.6 Å². The normalized spacial score (nSPS) is 15.8. The van der Waals surface area contributed by atoms with Gasteiger partial charge in [-0.05, 0) is 56.1 Å². The molecule has 1 aliphatic rings. The van der Waals surface area contributed by atoms with E-state index >= 15 is 0 Å². The fraction of sp³-hybridized carbons (Fsp3) is 0.381. The number of rotatable bonds is 6. The summed E-state index contributed by atoms with van der Waals surface area (Å²) in [6, 6.07) is 13.2. The fourth-order valence-corrected chi connectivity index (χ4v) is 3.35. The van der Waals surface area contributed by atoms with Crippen LogP contribution < -0.4 is 5.32 Å². The Morgan fingerprint density at radius 1 is 1.04 bits per heavy atom. The fourth-order valence-electron chi connectivity index (χ4n) is 3.35. The topological polar surface area (TPSA) is 32.3 Å². The summed E-state index contributed by atoms with van der Waals surface area (Å²) < 4.78 is 26.6. The second-order valence-electron chi connectivity index (χ2n) is 6.81. The molecule has 0 spiro atoms. The Balaban J connectivity index is 1.39. The van der Waals surface area contributed by atoms with Gasteiger partial charge in [0.05, 0.1) is 0 Å². The zero-order valence-electron chi connectivity index (χ0n) is 14.8. The molecular formula is C21H24F2N2O. The minimum Gasteiger partial charge on any atom is -0.356 e. The first-order valence-electron chi connectivity index (χ1n) is 9.10. The molecule has 1 fully saturated rings. The smallest absolute Gasteiger partial charge is 0.223 e. The van der Waals surface area contributed by atoms with Crippen molar-refractivity contribution in [2.45, 2.75) is 25.8 Å². The average Bonchev–Trinajstić information content (AvgIpc) is 2.66. The molecule has 0 radical (unpaired) electrons. The third kappa shape index (κ3) is 5.11. The molecule has 3 rings (SSSR count). The first kappa shape index (κ1) is 18.5. The van der Waals surface area contributed by atoms with Crippen LogP contribution in [0.2, 0.25) is 0 Å². The molecule has 1 saturated heterocycles. The molecule has 138 valence electrons. The Labute approximate surface area is 153 Å². The Kier molecular flexibility index (Phi) is 6.34. The third-order valence-corrected chi connectivity index (χ3v) is 4.94. The van der Waals surface area contributed by atoms with E-state index in [4.69, 9.17) is 0 Å². The summed E-state index contributed by atoms with van der Waals surface area (Å²) >= 11 is 0. The van der Waals surface area contributed by atoms with E-state index < -0.39 is 0 Å². The van der Waals surface area contributed by atoms with Crippen LogP contribution in [-0.2, 0) is 17.8 Å². The standard InChI is InChI=1S/C21H24F2N2O/c22-19-7-5-16(6-8-19)9-12-24-21(26)17-10-13-25(14-11-17)15-18-3-1-2-4-20(18)23/h1-8,17H,9-15H2,(H,24,26). The van der Waals surface area contributed by atoms with Gasteiger partial charge in [0, 0.05) is 24.6 Å². The van der Waals surface area contributed by atoms with Crippen molar-refractivity contribution >= 4 is 5.91 Å². The summed E-state index contributed by atoms with van der Waals surface area (Å²) in [7, 11) is 0. The van der Waals surface area contributed by atoms with E-state index in [1.54, 1.807) is 18.2 Å². The lowest BCUT2D eigenvalue weighted by molar-refractivity contribution is -0.126. The zero-order valence-corrected chi connectivity index (χ0v) is 14.8. The largest absolute Gasteiger partial charge is 0.356 e. The van der Waals surface area contributed by atoms with E-state index in [1.165, 1.54) is 18.2 Å². The summed E-state index contributed by atoms with van der Waals surface area (Å²) in [5.41, 5.74) is 1.71. The summed E-state index contributed by atoms with van der Waals surface area (Å²) in [6.45, 7) is 2.74. The van der Waals surface area contributed by atoms with E-state index in [2.05, 4.69) is 10.2 Å². The van der Waals surface area contributed by atoms with Gasteiger partial charge in [-0.25, -0.2) is 8.78 Å². The molecule has 0 unspecified atom stereocenters. The molecule has 0 saturated carbocycles. The molecule has 0 aliphatic carbocycles. The minimum atomic E-state index is -0.250. The van der Waals surface area contributed by atoms with Gasteiger partial charge in [0.25, 0.3) is 0 Å². The van der Waals surface area contributed by atoms with Gasteiger partial charge in [-0.2, -0.15) is 0 Å². The van der Waals surface area contributed by atoms with Crippen LogP contribution in [0.15, 0.2) is 48.5 Å². The molecule has 2 aromatic carbocycles. The molecule has 0 bridgehead atoms. The number of benzene rings is 2. The van der Waals surface area contributed by atoms with E-state index in [1.807, 2.05) is 12.1 Å². The van der Waals surface area contributed by atoms with E-state index in [9.17, 15) is 13.6 Å². The van der Waals surface area contributed by atoms with Crippen LogP contribution in [0.1, 0.15) is 24.0 Å². The lowest BCUT2D eigenvalue weighted by atomic mass is 9.95. The van der Waals surface area contributed by atoms with Crippen LogP contribution in [0.25, 0.3) is 0 Å². The lowest BCUT2D eigenvalue weighted by Crippen LogP contribution is -2.40. The number of halogens is 2. The summed E-state index contributed by atoms with van der Waals surface area (Å²) in [5, 5.41) is 2.98. The van der Waals surface area contributed by atoms with Crippen LogP contribution in [-0.4, -0.2) is 30.4 Å². The van der Waals surface area contributed by atoms with Gasteiger partial charge >= 0.3 is 0 Å². The molecule has 1 heterocycles. The number of hydrogen-bond acceptors (Lipinski definition) is 2. The molecule has 2 aromatic rings. The van der Waals surface area contributed by atoms with Gasteiger partial charge in [-0.15, -0.1) is 0 Å². The number of nitrogens with one attached hydrogen (secondary N) is 1. The molecule has 1 aliphatic heterocycles. The van der Waals surface area contributed by atoms with Gasteiger partial charge in [-0.3, -0.25) is 9.69 Å². The predicted molar refractivity (Wildman–Crippen MR) is 97.5 cm³/mol. The maximum Gasteiger partial charge on any atom is 0.223 e. The third-order valence-electron chi connectivity index (χ3n) is 4.94. The second kappa shape index (κ2) is 8.90. The molecule has 0 aromatic heterocycles. The van der Waals surface area contributed by atoms with Crippen LogP contribution in [0.4, 0.5) is 8.78 Å². The molecule has 26 heavy (non-hydrogen) atoms. The molecule has 1 amide bonds. The van der Waals surface area contributed by atoms with Crippen LogP contribution in [0.5, 0.6) is 0 Å². The number of amides is 1. The number of piperidine rings is 1. The SMILES string of the molecule is O=C(NCCc1ccc(F)cc1)C1CCN(Cc2ccccc2F)CC1. The van der Waals surface area contributed by atoms with Gasteiger partial charge < -0.3 is 5.32 Å². The van der Waals surface area contributed by atoms with E-state index in [0.29, 0.717) is 25.1 Å². The lowest BCUT2D eigenvalue weighted by Gasteiger charge is -2.31. The second-order valence-corrected chi connectivity index (χ2v) is 6.81. The van der Waals surface area contributed by atoms with Gasteiger partial charge in [0.2, 0.25) is 5.91 Å². The van der Waals surface area contributed by atoms with Crippen molar-refractivity contribution in [1.82, 2.24) is 10.2 Å². The highest BCUT2D eigenvalue weighted by molar-refractivity contribution is 5.78.